The Hall–Kier alpha value is -4.51. The first-order valence-corrected chi connectivity index (χ1v) is 20.6. The van der Waals surface area contributed by atoms with Crippen molar-refractivity contribution >= 4 is 34.6 Å². The molecule has 1 unspecified atom stereocenters. The second-order valence-electron chi connectivity index (χ2n) is 16.8. The van der Waals surface area contributed by atoms with Gasteiger partial charge in [-0.15, -0.1) is 11.8 Å². The number of nitrogens with one attached hydrogen (secondary N) is 2. The van der Waals surface area contributed by atoms with Gasteiger partial charge < -0.3 is 44.6 Å². The number of aromatic hydroxyl groups is 1. The number of piperazine rings is 1. The zero-order chi connectivity index (χ0) is 39.4. The Balaban J connectivity index is 1.18. The molecule has 8 aliphatic heterocycles. The maximum absolute atomic E-state index is 15.0. The third kappa shape index (κ3) is 4.39. The van der Waals surface area contributed by atoms with E-state index >= 15 is 4.79 Å². The molecule has 6 N–H and O–H groups in total. The number of aryl methyl sites for hydroxylation is 1. The molecule has 298 valence electrons. The molecule has 8 aliphatic rings. The van der Waals surface area contributed by atoms with Crippen molar-refractivity contribution in [3.8, 4) is 28.7 Å². The fourth-order valence-corrected chi connectivity index (χ4v) is 13.4. The Morgan fingerprint density at radius 2 is 1.91 bits per heavy atom. The lowest BCUT2D eigenvalue weighted by Crippen LogP contribution is -2.75. The van der Waals surface area contributed by atoms with Crippen molar-refractivity contribution in [2.75, 3.05) is 32.8 Å². The minimum absolute atomic E-state index is 0.0448. The molecular formula is C42H45N5O9S. The Labute approximate surface area is 332 Å². The fraction of sp³-hybridized carbons (Fsp3) is 0.476. The molecule has 3 fully saturated rings. The highest BCUT2D eigenvalue weighted by molar-refractivity contribution is 7.99. The van der Waals surface area contributed by atoms with Crippen LogP contribution in [0, 0.1) is 13.8 Å². The first-order chi connectivity index (χ1) is 27.4. The SMILES string of the molecule is COc1c(C)cc2c(c1O)[C@@H]1C3[C@@H]4SC[C@]5(N[C@@H](CN)Cc6c5[nH]c5ccccc65)C(=O)OC[C@@H](c5c6c(c(C)c(OC(C)=O)c54)OCO6)N3[C@@H](O)[C@@H]3C[C@@]2(C)N13. The highest BCUT2D eigenvalue weighted by Gasteiger charge is 2.71. The van der Waals surface area contributed by atoms with Crippen LogP contribution in [-0.2, 0) is 31.8 Å². The van der Waals surface area contributed by atoms with Gasteiger partial charge in [0.25, 0.3) is 0 Å². The van der Waals surface area contributed by atoms with Crippen LogP contribution in [0.4, 0.5) is 0 Å². The minimum atomic E-state index is -1.34. The van der Waals surface area contributed by atoms with E-state index in [0.717, 1.165) is 44.4 Å². The summed E-state index contributed by atoms with van der Waals surface area (Å²) in [6, 6.07) is 7.90. The van der Waals surface area contributed by atoms with E-state index < -0.39 is 52.6 Å². The van der Waals surface area contributed by atoms with Crippen LogP contribution < -0.4 is 30.0 Å². The summed E-state index contributed by atoms with van der Waals surface area (Å²) >= 11 is 1.53. The summed E-state index contributed by atoms with van der Waals surface area (Å²) in [5.41, 5.74) is 11.8. The second-order valence-corrected chi connectivity index (χ2v) is 17.9. The fourth-order valence-electron chi connectivity index (χ4n) is 11.7. The first kappa shape index (κ1) is 35.6. The third-order valence-corrected chi connectivity index (χ3v) is 15.4. The number of ether oxygens (including phenoxy) is 5. The second kappa shape index (κ2) is 12.0. The van der Waals surface area contributed by atoms with Crippen molar-refractivity contribution in [2.24, 2.45) is 5.73 Å². The summed E-state index contributed by atoms with van der Waals surface area (Å²) in [4.78, 5) is 36.1. The van der Waals surface area contributed by atoms with E-state index in [4.69, 9.17) is 29.4 Å². The van der Waals surface area contributed by atoms with E-state index in [-0.39, 0.29) is 37.0 Å². The topological polar surface area (TPSA) is 181 Å². The summed E-state index contributed by atoms with van der Waals surface area (Å²) in [5.74, 6) is 1.01. The quantitative estimate of drug-likeness (QED) is 0.149. The number of fused-ring (bicyclic) bond motifs is 10. The predicted molar refractivity (Wildman–Crippen MR) is 209 cm³/mol. The van der Waals surface area contributed by atoms with Crippen molar-refractivity contribution in [1.82, 2.24) is 20.1 Å². The summed E-state index contributed by atoms with van der Waals surface area (Å²) < 4.78 is 30.9. The maximum Gasteiger partial charge on any atom is 0.333 e. The molecule has 0 amide bonds. The van der Waals surface area contributed by atoms with Crippen molar-refractivity contribution in [3.05, 3.63) is 75.0 Å². The van der Waals surface area contributed by atoms with Crippen molar-refractivity contribution < 1.29 is 43.5 Å². The smallest absolute Gasteiger partial charge is 0.333 e. The molecule has 0 saturated carbocycles. The molecule has 15 heteroatoms. The lowest BCUT2D eigenvalue weighted by atomic mass is 9.72. The lowest BCUT2D eigenvalue weighted by molar-refractivity contribution is -0.249. The number of nitrogens with zero attached hydrogens (tertiary/aromatic N) is 2. The Bertz CT molecular complexity index is 2460. The molecule has 9 atom stereocenters. The van der Waals surface area contributed by atoms with E-state index in [2.05, 4.69) is 39.2 Å². The zero-order valence-corrected chi connectivity index (χ0v) is 33.1. The molecule has 1 spiro atoms. The average Bonchev–Trinajstić information content (AvgIpc) is 3.88. The van der Waals surface area contributed by atoms with Crippen LogP contribution >= 0.6 is 11.8 Å². The molecule has 3 saturated heterocycles. The van der Waals surface area contributed by atoms with Crippen LogP contribution in [0.2, 0.25) is 0 Å². The van der Waals surface area contributed by atoms with E-state index in [1.54, 1.807) is 7.11 Å². The average molecular weight is 796 g/mol. The first-order valence-electron chi connectivity index (χ1n) is 19.6. The Morgan fingerprint density at radius 3 is 2.68 bits per heavy atom. The molecule has 57 heavy (non-hydrogen) atoms. The number of benzene rings is 3. The standard InChI is InChI=1S/C42H45N5O9S/c1-17-10-23-27(32(49)33(17)52-5)30-31-37-29-28(36-35(54-16-55-36)18(2)34(29)56-19(3)48)26(46(31)39(50)25-12-41(23,4)47(25)30)14-53-40(51)42(15-57-37)38-22(11-20(13-43)45-42)21-8-6-7-9-24(21)44-38/h6-10,20,25-26,30-31,37,39,44-45,49-50H,11-16,43H2,1-5H3/t20-,25+,26+,30-,31?,37-,39+,41-,42-/m1/s1. The Morgan fingerprint density at radius 1 is 1.12 bits per heavy atom. The van der Waals surface area contributed by atoms with E-state index in [1.807, 2.05) is 32.0 Å². The number of hydrogen-bond donors (Lipinski definition) is 5. The zero-order valence-electron chi connectivity index (χ0n) is 32.3. The number of phenols is 1. The van der Waals surface area contributed by atoms with Gasteiger partial charge in [0, 0.05) is 70.0 Å². The molecule has 9 heterocycles. The van der Waals surface area contributed by atoms with Gasteiger partial charge in [0.15, 0.2) is 28.5 Å². The normalized spacial score (nSPS) is 33.2. The number of aliphatic hydroxyl groups is 1. The lowest BCUT2D eigenvalue weighted by Gasteiger charge is -2.67. The molecule has 1 aromatic heterocycles. The van der Waals surface area contributed by atoms with Gasteiger partial charge in [-0.25, -0.2) is 4.79 Å². The number of aliphatic hydroxyl groups excluding tert-OH is 1. The number of nitrogens with two attached hydrogens (primary N) is 1. The molecular weight excluding hydrogens is 751 g/mol. The van der Waals surface area contributed by atoms with Crippen LogP contribution in [0.1, 0.15) is 82.2 Å². The minimum Gasteiger partial charge on any atom is -0.504 e. The van der Waals surface area contributed by atoms with Crippen molar-refractivity contribution in [3.63, 3.8) is 0 Å². The summed E-state index contributed by atoms with van der Waals surface area (Å²) in [6.07, 6.45) is 0.281. The highest BCUT2D eigenvalue weighted by Crippen LogP contribution is 2.70. The molecule has 2 bridgehead atoms. The summed E-state index contributed by atoms with van der Waals surface area (Å²) in [7, 11) is 1.56. The van der Waals surface area contributed by atoms with E-state index in [0.29, 0.717) is 53.5 Å². The monoisotopic (exact) mass is 795 g/mol. The van der Waals surface area contributed by atoms with E-state index in [1.165, 1.54) is 18.7 Å². The van der Waals surface area contributed by atoms with Gasteiger partial charge in [-0.1, -0.05) is 18.2 Å². The molecule has 4 aromatic rings. The number of carbonyl (C=O) groups is 2. The number of phenolic OH excluding ortho intramolecular Hbond substituents is 1. The number of aromatic amines is 1. The molecule has 12 rings (SSSR count). The van der Waals surface area contributed by atoms with Gasteiger partial charge in [-0.05, 0) is 62.4 Å². The number of thioether (sulfide) groups is 1. The number of carbonyl (C=O) groups excluding carboxylic acids is 2. The van der Waals surface area contributed by atoms with Crippen LogP contribution in [0.5, 0.6) is 28.7 Å². The van der Waals surface area contributed by atoms with Gasteiger partial charge >= 0.3 is 11.9 Å². The maximum atomic E-state index is 15.0. The van der Waals surface area contributed by atoms with Gasteiger partial charge in [0.05, 0.1) is 36.2 Å². The van der Waals surface area contributed by atoms with Crippen LogP contribution in [-0.4, -0.2) is 94.1 Å². The third-order valence-electron chi connectivity index (χ3n) is 13.9. The van der Waals surface area contributed by atoms with Crippen molar-refractivity contribution in [2.45, 2.75) is 93.3 Å². The molecule has 14 nitrogen and oxygen atoms in total. The largest absolute Gasteiger partial charge is 0.504 e. The number of methoxy groups -OCH3 is 1. The molecule has 0 aliphatic carbocycles. The van der Waals surface area contributed by atoms with Crippen LogP contribution in [0.25, 0.3) is 10.9 Å². The number of para-hydroxylation sites is 1. The highest BCUT2D eigenvalue weighted by atomic mass is 32.2. The number of esters is 2. The summed E-state index contributed by atoms with van der Waals surface area (Å²) in [6.45, 7) is 7.44. The van der Waals surface area contributed by atoms with Crippen LogP contribution in [0.3, 0.4) is 0 Å². The number of H-pyrrole nitrogens is 1. The van der Waals surface area contributed by atoms with Crippen molar-refractivity contribution in [1.29, 1.82) is 0 Å². The molecule has 3 aromatic carbocycles. The van der Waals surface area contributed by atoms with Gasteiger partial charge in [0.2, 0.25) is 6.79 Å². The van der Waals surface area contributed by atoms with Gasteiger partial charge in [-0.3, -0.25) is 19.9 Å². The van der Waals surface area contributed by atoms with Crippen LogP contribution in [0.15, 0.2) is 30.3 Å². The number of rotatable bonds is 3. The van der Waals surface area contributed by atoms with E-state index in [9.17, 15) is 15.0 Å². The predicted octanol–water partition coefficient (Wildman–Crippen LogP) is 3.95. The Kier molecular flexibility index (Phi) is 7.52. The molecule has 0 radical (unpaired) electrons. The summed E-state index contributed by atoms with van der Waals surface area (Å²) in [5, 5.41) is 29.0. The number of aromatic nitrogens is 1. The van der Waals surface area contributed by atoms with Gasteiger partial charge in [-0.2, -0.15) is 0 Å². The number of hydrogen-bond acceptors (Lipinski definition) is 14. The van der Waals surface area contributed by atoms with Gasteiger partial charge in [0.1, 0.15) is 18.6 Å².